The van der Waals surface area contributed by atoms with Crippen molar-refractivity contribution in [3.63, 3.8) is 0 Å². The van der Waals surface area contributed by atoms with E-state index in [-0.39, 0.29) is 10.7 Å². The van der Waals surface area contributed by atoms with Crippen LogP contribution >= 0.6 is 43.5 Å². The zero-order valence-electron chi connectivity index (χ0n) is 9.78. The topological polar surface area (TPSA) is 12.9 Å². The van der Waals surface area contributed by atoms with Crippen molar-refractivity contribution in [2.75, 3.05) is 0 Å². The molecular formula is C14H12Br2ClN. The Balaban J connectivity index is 2.28. The molecule has 0 saturated carbocycles. The molecule has 4 heteroatoms. The van der Waals surface area contributed by atoms with Crippen molar-refractivity contribution in [3.05, 3.63) is 63.3 Å². The second-order valence-corrected chi connectivity index (χ2v) is 6.42. The van der Waals surface area contributed by atoms with E-state index in [1.807, 2.05) is 42.6 Å². The lowest BCUT2D eigenvalue weighted by molar-refractivity contribution is 0.724. The van der Waals surface area contributed by atoms with Gasteiger partial charge in [0, 0.05) is 32.1 Å². The van der Waals surface area contributed by atoms with E-state index in [0.717, 1.165) is 20.8 Å². The third-order valence-corrected chi connectivity index (χ3v) is 4.96. The number of nitrogens with zero attached hydrogens (tertiary/aromatic N) is 1. The molecule has 0 saturated heterocycles. The molecule has 0 N–H and O–H groups in total. The lowest BCUT2D eigenvalue weighted by Gasteiger charge is -2.19. The lowest BCUT2D eigenvalue weighted by Crippen LogP contribution is -2.04. The summed E-state index contributed by atoms with van der Waals surface area (Å²) in [5.74, 6) is 0.255. The monoisotopic (exact) mass is 387 g/mol. The third kappa shape index (κ3) is 3.14. The van der Waals surface area contributed by atoms with Crippen molar-refractivity contribution >= 4 is 43.5 Å². The van der Waals surface area contributed by atoms with Crippen molar-refractivity contribution in [1.82, 2.24) is 4.98 Å². The largest absolute Gasteiger partial charge is 0.261 e. The lowest BCUT2D eigenvalue weighted by atomic mass is 9.97. The van der Waals surface area contributed by atoms with Crippen LogP contribution in [0, 0.1) is 0 Å². The molecule has 0 aliphatic rings. The molecule has 2 rings (SSSR count). The maximum Gasteiger partial charge on any atom is 0.0490 e. The van der Waals surface area contributed by atoms with E-state index in [0.29, 0.717) is 0 Å². The molecule has 1 aromatic heterocycles. The van der Waals surface area contributed by atoms with Crippen LogP contribution in [0.3, 0.4) is 0 Å². The summed E-state index contributed by atoms with van der Waals surface area (Å²) in [5.41, 5.74) is 2.14. The highest BCUT2D eigenvalue weighted by atomic mass is 79.9. The molecule has 18 heavy (non-hydrogen) atoms. The van der Waals surface area contributed by atoms with Crippen LogP contribution in [-0.4, -0.2) is 4.98 Å². The van der Waals surface area contributed by atoms with Gasteiger partial charge in [0.2, 0.25) is 0 Å². The SMILES string of the molecule is CC(c1ccccn1)C(Br)c1ccc(Br)cc1Cl. The summed E-state index contributed by atoms with van der Waals surface area (Å²) in [5, 5.41) is 0.758. The Morgan fingerprint density at radius 2 is 2.00 bits per heavy atom. The summed E-state index contributed by atoms with van der Waals surface area (Å²) in [6.45, 7) is 2.14. The van der Waals surface area contributed by atoms with E-state index in [2.05, 4.69) is 43.8 Å². The Kier molecular flexibility index (Phi) is 4.82. The average Bonchev–Trinajstić information content (AvgIpc) is 2.38. The molecule has 1 aromatic carbocycles. The molecule has 94 valence electrons. The molecule has 0 spiro atoms. The van der Waals surface area contributed by atoms with E-state index in [9.17, 15) is 0 Å². The minimum Gasteiger partial charge on any atom is -0.261 e. The van der Waals surface area contributed by atoms with Crippen LogP contribution in [0.15, 0.2) is 47.1 Å². The second kappa shape index (κ2) is 6.18. The number of rotatable bonds is 3. The Morgan fingerprint density at radius 1 is 1.22 bits per heavy atom. The van der Waals surface area contributed by atoms with Gasteiger partial charge in [-0.05, 0) is 29.8 Å². The van der Waals surface area contributed by atoms with E-state index in [1.165, 1.54) is 0 Å². The van der Waals surface area contributed by atoms with Gasteiger partial charge in [-0.2, -0.15) is 0 Å². The first-order valence-corrected chi connectivity index (χ1v) is 7.68. The zero-order chi connectivity index (χ0) is 13.1. The fourth-order valence-electron chi connectivity index (χ4n) is 1.79. The van der Waals surface area contributed by atoms with Crippen molar-refractivity contribution in [2.45, 2.75) is 17.7 Å². The van der Waals surface area contributed by atoms with E-state index in [4.69, 9.17) is 11.6 Å². The average molecular weight is 390 g/mol. The number of aromatic nitrogens is 1. The molecule has 0 aliphatic heterocycles. The van der Waals surface area contributed by atoms with Crippen LogP contribution < -0.4 is 0 Å². The minimum atomic E-state index is 0.146. The highest BCUT2D eigenvalue weighted by Crippen LogP contribution is 2.40. The smallest absolute Gasteiger partial charge is 0.0490 e. The highest BCUT2D eigenvalue weighted by Gasteiger charge is 2.21. The predicted molar refractivity (Wildman–Crippen MR) is 83.5 cm³/mol. The van der Waals surface area contributed by atoms with Gasteiger partial charge in [-0.15, -0.1) is 0 Å². The summed E-state index contributed by atoms with van der Waals surface area (Å²) in [6.07, 6.45) is 1.81. The van der Waals surface area contributed by atoms with Crippen molar-refractivity contribution < 1.29 is 0 Å². The van der Waals surface area contributed by atoms with Crippen LogP contribution in [0.4, 0.5) is 0 Å². The van der Waals surface area contributed by atoms with Gasteiger partial charge in [0.25, 0.3) is 0 Å². The Hall–Kier alpha value is -0.380. The van der Waals surface area contributed by atoms with Crippen LogP contribution in [0.1, 0.15) is 28.9 Å². The standard InChI is InChI=1S/C14H12Br2ClN/c1-9(13-4-2-3-7-18-13)14(16)11-6-5-10(15)8-12(11)17/h2-9,14H,1H3. The first-order chi connectivity index (χ1) is 8.59. The molecule has 0 bridgehead atoms. The van der Waals surface area contributed by atoms with Gasteiger partial charge in [-0.3, -0.25) is 4.98 Å². The number of pyridine rings is 1. The van der Waals surface area contributed by atoms with E-state index >= 15 is 0 Å². The highest BCUT2D eigenvalue weighted by molar-refractivity contribution is 9.10. The first-order valence-electron chi connectivity index (χ1n) is 5.59. The van der Waals surface area contributed by atoms with Gasteiger partial charge in [0.05, 0.1) is 0 Å². The van der Waals surface area contributed by atoms with Crippen LogP contribution in [0.5, 0.6) is 0 Å². The van der Waals surface area contributed by atoms with Crippen LogP contribution in [0.25, 0.3) is 0 Å². The van der Waals surface area contributed by atoms with Gasteiger partial charge in [-0.25, -0.2) is 0 Å². The Bertz CT molecular complexity index is 531. The molecule has 2 unspecified atom stereocenters. The van der Waals surface area contributed by atoms with Crippen LogP contribution in [0.2, 0.25) is 5.02 Å². The normalized spacial score (nSPS) is 14.2. The van der Waals surface area contributed by atoms with Gasteiger partial charge < -0.3 is 0 Å². The van der Waals surface area contributed by atoms with Gasteiger partial charge >= 0.3 is 0 Å². The number of benzene rings is 1. The van der Waals surface area contributed by atoms with E-state index in [1.54, 1.807) is 0 Å². The first kappa shape index (κ1) is 14.0. The summed E-state index contributed by atoms with van der Waals surface area (Å²) in [6, 6.07) is 11.9. The third-order valence-electron chi connectivity index (χ3n) is 2.85. The molecule has 2 aromatic rings. The van der Waals surface area contributed by atoms with Crippen LogP contribution in [-0.2, 0) is 0 Å². The van der Waals surface area contributed by atoms with Crippen molar-refractivity contribution in [1.29, 1.82) is 0 Å². The maximum atomic E-state index is 6.28. The zero-order valence-corrected chi connectivity index (χ0v) is 13.7. The summed E-state index contributed by atoms with van der Waals surface area (Å²) < 4.78 is 0.987. The summed E-state index contributed by atoms with van der Waals surface area (Å²) >= 11 is 13.4. The molecule has 0 fully saturated rings. The Labute approximate surface area is 129 Å². The number of hydrogen-bond acceptors (Lipinski definition) is 1. The fourth-order valence-corrected chi connectivity index (χ4v) is 3.38. The summed E-state index contributed by atoms with van der Waals surface area (Å²) in [7, 11) is 0. The van der Waals surface area contributed by atoms with E-state index < -0.39 is 0 Å². The molecule has 2 atom stereocenters. The molecule has 0 aliphatic carbocycles. The maximum absolute atomic E-state index is 6.28. The van der Waals surface area contributed by atoms with Gasteiger partial charge in [0.1, 0.15) is 0 Å². The molecular weight excluding hydrogens is 377 g/mol. The quantitative estimate of drug-likeness (QED) is 0.610. The number of alkyl halides is 1. The van der Waals surface area contributed by atoms with Gasteiger partial charge in [0.15, 0.2) is 0 Å². The minimum absolute atomic E-state index is 0.146. The predicted octanol–water partition coefficient (Wildman–Crippen LogP) is 5.74. The van der Waals surface area contributed by atoms with Crippen molar-refractivity contribution in [2.24, 2.45) is 0 Å². The Morgan fingerprint density at radius 3 is 2.61 bits per heavy atom. The number of halogens is 3. The fraction of sp³-hybridized carbons (Fsp3) is 0.214. The summed E-state index contributed by atoms with van der Waals surface area (Å²) in [4.78, 5) is 4.54. The second-order valence-electron chi connectivity index (χ2n) is 4.11. The number of hydrogen-bond donors (Lipinski definition) is 0. The molecule has 0 radical (unpaired) electrons. The van der Waals surface area contributed by atoms with Crippen molar-refractivity contribution in [3.8, 4) is 0 Å². The molecule has 0 amide bonds. The molecule has 1 heterocycles. The molecule has 1 nitrogen and oxygen atoms in total. The van der Waals surface area contributed by atoms with Gasteiger partial charge in [-0.1, -0.05) is 62.5 Å².